The monoisotopic (exact) mass is 300 g/mol. The Balaban J connectivity index is 3.12. The molecule has 1 aromatic rings. The number of halogens is 1. The first-order valence-corrected chi connectivity index (χ1v) is 6.79. The Hall–Kier alpha value is -0.610. The molecule has 0 radical (unpaired) electrons. The van der Waals surface area contributed by atoms with E-state index in [0.717, 1.165) is 35.2 Å². The highest BCUT2D eigenvalue weighted by molar-refractivity contribution is 9.10. The van der Waals surface area contributed by atoms with Crippen LogP contribution in [-0.4, -0.2) is 21.5 Å². The number of aromatic nitrogens is 2. The van der Waals surface area contributed by atoms with Crippen LogP contribution in [0.5, 0.6) is 0 Å². The second kappa shape index (κ2) is 5.83. The summed E-state index contributed by atoms with van der Waals surface area (Å²) in [6.07, 6.45) is 3.47. The van der Waals surface area contributed by atoms with E-state index in [1.165, 1.54) is 0 Å². The fraction of sp³-hybridized carbons (Fsp3) is 0.615. The molecule has 0 amide bonds. The molecule has 1 N–H and O–H groups in total. The summed E-state index contributed by atoms with van der Waals surface area (Å²) in [6, 6.07) is 0. The van der Waals surface area contributed by atoms with Gasteiger partial charge < -0.3 is 5.11 Å². The maximum absolute atomic E-state index is 9.45. The summed E-state index contributed by atoms with van der Waals surface area (Å²) in [5.41, 5.74) is 1.92. The van der Waals surface area contributed by atoms with Crippen LogP contribution >= 0.6 is 15.9 Å². The average Bonchev–Trinajstić information content (AvgIpc) is 2.66. The van der Waals surface area contributed by atoms with Gasteiger partial charge in [-0.15, -0.1) is 6.58 Å². The van der Waals surface area contributed by atoms with Gasteiger partial charge in [0.15, 0.2) is 0 Å². The average molecular weight is 301 g/mol. The largest absolute Gasteiger partial charge is 0.395 e. The quantitative estimate of drug-likeness (QED) is 0.820. The number of hydrogen-bond acceptors (Lipinski definition) is 2. The molecule has 0 aliphatic carbocycles. The van der Waals surface area contributed by atoms with E-state index in [1.807, 2.05) is 17.7 Å². The second-order valence-electron chi connectivity index (χ2n) is 4.57. The van der Waals surface area contributed by atoms with Crippen molar-refractivity contribution >= 4 is 15.9 Å². The Morgan fingerprint density at radius 1 is 1.53 bits per heavy atom. The highest BCUT2D eigenvalue weighted by Gasteiger charge is 2.25. The van der Waals surface area contributed by atoms with Crippen LogP contribution in [0, 0.1) is 5.41 Å². The van der Waals surface area contributed by atoms with Gasteiger partial charge in [0.05, 0.1) is 22.5 Å². The summed E-state index contributed by atoms with van der Waals surface area (Å²) in [7, 11) is 0. The van der Waals surface area contributed by atoms with Gasteiger partial charge in [-0.1, -0.05) is 19.9 Å². The summed E-state index contributed by atoms with van der Waals surface area (Å²) in [6.45, 7) is 10.9. The molecule has 17 heavy (non-hydrogen) atoms. The van der Waals surface area contributed by atoms with Crippen molar-refractivity contribution in [2.45, 2.75) is 40.2 Å². The van der Waals surface area contributed by atoms with E-state index in [4.69, 9.17) is 0 Å². The molecular formula is C13H21BrN2O. The molecule has 1 atom stereocenters. The summed E-state index contributed by atoms with van der Waals surface area (Å²) in [5, 5.41) is 14.0. The molecule has 4 heteroatoms. The van der Waals surface area contributed by atoms with E-state index in [1.54, 1.807) is 0 Å². The van der Waals surface area contributed by atoms with Crippen molar-refractivity contribution in [3.63, 3.8) is 0 Å². The SMILES string of the molecule is C=CC(C)(CO)Cc1c(Br)c(CC)nn1CC. The minimum atomic E-state index is -0.291. The Morgan fingerprint density at radius 2 is 2.18 bits per heavy atom. The summed E-state index contributed by atoms with van der Waals surface area (Å²) < 4.78 is 3.07. The molecule has 0 saturated heterocycles. The highest BCUT2D eigenvalue weighted by atomic mass is 79.9. The number of aryl methyl sites for hydroxylation is 2. The van der Waals surface area contributed by atoms with Crippen molar-refractivity contribution in [3.8, 4) is 0 Å². The zero-order valence-corrected chi connectivity index (χ0v) is 12.4. The number of nitrogens with zero attached hydrogens (tertiary/aromatic N) is 2. The van der Waals surface area contributed by atoms with E-state index >= 15 is 0 Å². The Labute approximate surface area is 112 Å². The van der Waals surface area contributed by atoms with Crippen molar-refractivity contribution < 1.29 is 5.11 Å². The maximum Gasteiger partial charge on any atom is 0.0766 e. The zero-order valence-electron chi connectivity index (χ0n) is 10.8. The van der Waals surface area contributed by atoms with Crippen LogP contribution < -0.4 is 0 Å². The number of aliphatic hydroxyl groups excluding tert-OH is 1. The first kappa shape index (κ1) is 14.5. The third-order valence-electron chi connectivity index (χ3n) is 3.12. The van der Waals surface area contributed by atoms with Crippen molar-refractivity contribution in [1.29, 1.82) is 0 Å². The molecule has 1 heterocycles. The van der Waals surface area contributed by atoms with E-state index in [0.29, 0.717) is 0 Å². The Morgan fingerprint density at radius 3 is 2.59 bits per heavy atom. The van der Waals surface area contributed by atoms with Gasteiger partial charge in [-0.3, -0.25) is 4.68 Å². The molecule has 0 aliphatic rings. The molecule has 0 aromatic carbocycles. The molecule has 0 spiro atoms. The third-order valence-corrected chi connectivity index (χ3v) is 4.03. The first-order valence-electron chi connectivity index (χ1n) is 5.99. The van der Waals surface area contributed by atoms with Crippen molar-refractivity contribution in [2.75, 3.05) is 6.61 Å². The highest BCUT2D eigenvalue weighted by Crippen LogP contribution is 2.30. The van der Waals surface area contributed by atoms with Crippen molar-refractivity contribution in [2.24, 2.45) is 5.41 Å². The molecule has 0 aliphatic heterocycles. The molecule has 0 saturated carbocycles. The molecule has 1 aromatic heterocycles. The Kier molecular flexibility index (Phi) is 4.95. The Bertz CT molecular complexity index is 400. The van der Waals surface area contributed by atoms with Crippen LogP contribution in [-0.2, 0) is 19.4 Å². The second-order valence-corrected chi connectivity index (χ2v) is 5.36. The van der Waals surface area contributed by atoms with Gasteiger partial charge in [-0.2, -0.15) is 5.10 Å². The molecule has 0 fully saturated rings. The lowest BCUT2D eigenvalue weighted by atomic mass is 9.86. The van der Waals surface area contributed by atoms with Crippen LogP contribution in [0.3, 0.4) is 0 Å². The van der Waals surface area contributed by atoms with Crippen LogP contribution in [0.15, 0.2) is 17.1 Å². The number of rotatable bonds is 6. The van der Waals surface area contributed by atoms with Gasteiger partial charge >= 0.3 is 0 Å². The van der Waals surface area contributed by atoms with Crippen molar-refractivity contribution in [1.82, 2.24) is 9.78 Å². The van der Waals surface area contributed by atoms with E-state index in [-0.39, 0.29) is 12.0 Å². The molecule has 3 nitrogen and oxygen atoms in total. The normalized spacial score (nSPS) is 14.6. The summed E-state index contributed by atoms with van der Waals surface area (Å²) in [5.74, 6) is 0. The van der Waals surface area contributed by atoms with Crippen molar-refractivity contribution in [3.05, 3.63) is 28.5 Å². The number of aliphatic hydroxyl groups is 1. The predicted octanol–water partition coefficient (Wildman–Crippen LogP) is 2.96. The lowest BCUT2D eigenvalue weighted by Gasteiger charge is -2.23. The van der Waals surface area contributed by atoms with Crippen LogP contribution in [0.4, 0.5) is 0 Å². The van der Waals surface area contributed by atoms with Gasteiger partial charge in [0, 0.05) is 18.4 Å². The fourth-order valence-corrected chi connectivity index (χ4v) is 2.47. The van der Waals surface area contributed by atoms with Gasteiger partial charge in [0.25, 0.3) is 0 Å². The smallest absolute Gasteiger partial charge is 0.0766 e. The maximum atomic E-state index is 9.45. The first-order chi connectivity index (χ1) is 8.01. The third kappa shape index (κ3) is 2.99. The van der Waals surface area contributed by atoms with Gasteiger partial charge in [0.1, 0.15) is 0 Å². The molecular weight excluding hydrogens is 280 g/mol. The number of hydrogen-bond donors (Lipinski definition) is 1. The van der Waals surface area contributed by atoms with Crippen LogP contribution in [0.1, 0.15) is 32.2 Å². The summed E-state index contributed by atoms with van der Waals surface area (Å²) >= 11 is 3.61. The lowest BCUT2D eigenvalue weighted by molar-refractivity contribution is 0.182. The molecule has 0 bridgehead atoms. The molecule has 1 unspecified atom stereocenters. The molecule has 1 rings (SSSR count). The van der Waals surface area contributed by atoms with Gasteiger partial charge in [-0.25, -0.2) is 0 Å². The predicted molar refractivity (Wildman–Crippen MR) is 74.1 cm³/mol. The lowest BCUT2D eigenvalue weighted by Crippen LogP contribution is -2.23. The zero-order chi connectivity index (χ0) is 13.1. The van der Waals surface area contributed by atoms with Crippen LogP contribution in [0.25, 0.3) is 0 Å². The van der Waals surface area contributed by atoms with E-state index in [2.05, 4.69) is 41.5 Å². The fourth-order valence-electron chi connectivity index (χ4n) is 1.76. The van der Waals surface area contributed by atoms with Crippen LogP contribution in [0.2, 0.25) is 0 Å². The summed E-state index contributed by atoms with van der Waals surface area (Å²) in [4.78, 5) is 0. The molecule has 96 valence electrons. The van der Waals surface area contributed by atoms with Gasteiger partial charge in [-0.05, 0) is 29.3 Å². The van der Waals surface area contributed by atoms with E-state index < -0.39 is 0 Å². The minimum absolute atomic E-state index is 0.0965. The topological polar surface area (TPSA) is 38.1 Å². The standard InChI is InChI=1S/C13H21BrN2O/c1-5-10-12(14)11(16(7-3)15-10)8-13(4,6-2)9-17/h6,17H,2,5,7-9H2,1,3-4H3. The minimum Gasteiger partial charge on any atom is -0.395 e. The van der Waals surface area contributed by atoms with E-state index in [9.17, 15) is 5.11 Å². The van der Waals surface area contributed by atoms with Gasteiger partial charge in [0.2, 0.25) is 0 Å².